The molecule has 0 radical (unpaired) electrons. The van der Waals surface area contributed by atoms with Crippen LogP contribution in [0.5, 0.6) is 0 Å². The molecule has 0 amide bonds. The monoisotopic (exact) mass is 305 g/mol. The highest BCUT2D eigenvalue weighted by Gasteiger charge is 2.25. The van der Waals surface area contributed by atoms with E-state index >= 15 is 0 Å². The molecule has 0 aliphatic heterocycles. The lowest BCUT2D eigenvalue weighted by Crippen LogP contribution is -1.91. The highest BCUT2D eigenvalue weighted by atomic mass is 79.9. The molecule has 17 heavy (non-hydrogen) atoms. The second-order valence-corrected chi connectivity index (χ2v) is 6.28. The maximum absolute atomic E-state index is 4.69. The average molecular weight is 306 g/mol. The smallest absolute Gasteiger partial charge is 0.212 e. The Bertz CT molecular complexity index is 757. The first-order chi connectivity index (χ1) is 8.22. The minimum absolute atomic E-state index is 0.925. The standard InChI is InChI=1S/C12H8BrN3S/c1-6-15-16-10-5-7-4-8(13)2-3-9(7)11(10)14-12(16)17-6/h2-4H,5H2,1H3. The van der Waals surface area contributed by atoms with Gasteiger partial charge in [-0.05, 0) is 24.6 Å². The Morgan fingerprint density at radius 1 is 1.41 bits per heavy atom. The molecule has 0 saturated carbocycles. The number of hydrogen-bond donors (Lipinski definition) is 0. The Balaban J connectivity index is 2.04. The topological polar surface area (TPSA) is 30.2 Å². The predicted octanol–water partition coefficient (Wildman–Crippen LogP) is 3.43. The molecule has 0 bridgehead atoms. The first kappa shape index (κ1) is 9.79. The molecule has 0 unspecified atom stereocenters. The fraction of sp³-hybridized carbons (Fsp3) is 0.167. The summed E-state index contributed by atoms with van der Waals surface area (Å²) in [5.41, 5.74) is 4.90. The van der Waals surface area contributed by atoms with Gasteiger partial charge in [0.05, 0.1) is 11.4 Å². The van der Waals surface area contributed by atoms with Gasteiger partial charge in [-0.3, -0.25) is 0 Å². The largest absolute Gasteiger partial charge is 0.217 e. The van der Waals surface area contributed by atoms with Crippen LogP contribution in [0.1, 0.15) is 16.3 Å². The minimum Gasteiger partial charge on any atom is -0.217 e. The molecule has 2 heterocycles. The number of hydrogen-bond acceptors (Lipinski definition) is 3. The van der Waals surface area contributed by atoms with Crippen molar-refractivity contribution in [3.05, 3.63) is 38.9 Å². The Kier molecular flexibility index (Phi) is 1.83. The van der Waals surface area contributed by atoms with Gasteiger partial charge in [0, 0.05) is 16.5 Å². The van der Waals surface area contributed by atoms with Crippen molar-refractivity contribution in [2.45, 2.75) is 13.3 Å². The third kappa shape index (κ3) is 1.26. The van der Waals surface area contributed by atoms with Gasteiger partial charge in [0.2, 0.25) is 4.96 Å². The minimum atomic E-state index is 0.925. The molecule has 2 aromatic heterocycles. The molecular weight excluding hydrogens is 298 g/mol. The van der Waals surface area contributed by atoms with Crippen LogP contribution in [0.4, 0.5) is 0 Å². The fourth-order valence-electron chi connectivity index (χ4n) is 2.38. The van der Waals surface area contributed by atoms with Crippen LogP contribution in [0.3, 0.4) is 0 Å². The van der Waals surface area contributed by atoms with E-state index in [2.05, 4.69) is 44.2 Å². The Morgan fingerprint density at radius 2 is 2.29 bits per heavy atom. The summed E-state index contributed by atoms with van der Waals surface area (Å²) in [6, 6.07) is 6.37. The van der Waals surface area contributed by atoms with E-state index < -0.39 is 0 Å². The molecule has 4 rings (SSSR count). The van der Waals surface area contributed by atoms with E-state index in [1.165, 1.54) is 16.8 Å². The second kappa shape index (κ2) is 3.17. The Hall–Kier alpha value is -1.20. The maximum atomic E-state index is 4.69. The SMILES string of the molecule is Cc1nn2c3c(nc2s1)-c1ccc(Br)cc1C3. The summed E-state index contributed by atoms with van der Waals surface area (Å²) in [5, 5.41) is 5.57. The zero-order chi connectivity index (χ0) is 11.6. The second-order valence-electron chi connectivity index (χ2n) is 4.20. The van der Waals surface area contributed by atoms with Crippen molar-refractivity contribution in [1.29, 1.82) is 0 Å². The van der Waals surface area contributed by atoms with E-state index in [0.29, 0.717) is 0 Å². The summed E-state index contributed by atoms with van der Waals surface area (Å²) in [6.45, 7) is 2.02. The van der Waals surface area contributed by atoms with Gasteiger partial charge in [0.15, 0.2) is 0 Å². The van der Waals surface area contributed by atoms with Crippen LogP contribution >= 0.6 is 27.3 Å². The van der Waals surface area contributed by atoms with Crippen LogP contribution in [0.25, 0.3) is 16.2 Å². The molecule has 3 aromatic rings. The molecule has 0 atom stereocenters. The first-order valence-corrected chi connectivity index (χ1v) is 6.97. The van der Waals surface area contributed by atoms with E-state index in [-0.39, 0.29) is 0 Å². The molecule has 5 heteroatoms. The predicted molar refractivity (Wildman–Crippen MR) is 71.5 cm³/mol. The Labute approximate surface area is 110 Å². The molecule has 1 aliphatic rings. The van der Waals surface area contributed by atoms with Gasteiger partial charge in [-0.15, -0.1) is 0 Å². The van der Waals surface area contributed by atoms with Crippen LogP contribution < -0.4 is 0 Å². The molecule has 3 nitrogen and oxygen atoms in total. The zero-order valence-corrected chi connectivity index (χ0v) is 11.5. The molecule has 84 valence electrons. The lowest BCUT2D eigenvalue weighted by molar-refractivity contribution is 0.889. The van der Waals surface area contributed by atoms with Crippen molar-refractivity contribution in [3.63, 3.8) is 0 Å². The average Bonchev–Trinajstić information content (AvgIpc) is 2.87. The van der Waals surface area contributed by atoms with Crippen molar-refractivity contribution >= 4 is 32.2 Å². The number of aromatic nitrogens is 3. The summed E-state index contributed by atoms with van der Waals surface area (Å²) in [6.07, 6.45) is 0.925. The molecule has 0 N–H and O–H groups in total. The van der Waals surface area contributed by atoms with Crippen LogP contribution in [0, 0.1) is 6.92 Å². The van der Waals surface area contributed by atoms with E-state index in [0.717, 1.165) is 26.6 Å². The normalized spacial score (nSPS) is 13.1. The van der Waals surface area contributed by atoms with Crippen LogP contribution in [0.15, 0.2) is 22.7 Å². The van der Waals surface area contributed by atoms with E-state index in [9.17, 15) is 0 Å². The summed E-state index contributed by atoms with van der Waals surface area (Å²) in [4.78, 5) is 5.69. The van der Waals surface area contributed by atoms with Crippen molar-refractivity contribution in [3.8, 4) is 11.3 Å². The summed E-state index contributed by atoms with van der Waals surface area (Å²) in [7, 11) is 0. The van der Waals surface area contributed by atoms with E-state index in [1.54, 1.807) is 11.3 Å². The van der Waals surface area contributed by atoms with E-state index in [1.807, 2.05) is 11.4 Å². The lowest BCUT2D eigenvalue weighted by Gasteiger charge is -1.98. The van der Waals surface area contributed by atoms with Gasteiger partial charge in [-0.1, -0.05) is 33.3 Å². The fourth-order valence-corrected chi connectivity index (χ4v) is 3.55. The van der Waals surface area contributed by atoms with E-state index in [4.69, 9.17) is 0 Å². The quantitative estimate of drug-likeness (QED) is 0.498. The third-order valence-electron chi connectivity index (χ3n) is 3.08. The van der Waals surface area contributed by atoms with Gasteiger partial charge >= 0.3 is 0 Å². The summed E-state index contributed by atoms with van der Waals surface area (Å²) < 4.78 is 3.11. The highest BCUT2D eigenvalue weighted by Crippen LogP contribution is 2.38. The van der Waals surface area contributed by atoms with Gasteiger partial charge in [-0.2, -0.15) is 5.10 Å². The number of nitrogens with zero attached hydrogens (tertiary/aromatic N) is 3. The Morgan fingerprint density at radius 3 is 3.18 bits per heavy atom. The molecule has 1 aliphatic carbocycles. The van der Waals surface area contributed by atoms with Gasteiger partial charge in [0.25, 0.3) is 0 Å². The van der Waals surface area contributed by atoms with Crippen LogP contribution in [-0.4, -0.2) is 14.6 Å². The number of imidazole rings is 1. The molecule has 0 saturated heterocycles. The van der Waals surface area contributed by atoms with Crippen LogP contribution in [0.2, 0.25) is 0 Å². The van der Waals surface area contributed by atoms with Crippen molar-refractivity contribution < 1.29 is 0 Å². The highest BCUT2D eigenvalue weighted by molar-refractivity contribution is 9.10. The maximum Gasteiger partial charge on any atom is 0.212 e. The number of rotatable bonds is 0. The zero-order valence-electron chi connectivity index (χ0n) is 9.07. The molecule has 0 fully saturated rings. The van der Waals surface area contributed by atoms with Crippen molar-refractivity contribution in [1.82, 2.24) is 14.6 Å². The van der Waals surface area contributed by atoms with Gasteiger partial charge in [0.1, 0.15) is 5.01 Å². The van der Waals surface area contributed by atoms with Crippen molar-refractivity contribution in [2.75, 3.05) is 0 Å². The molecule has 0 spiro atoms. The summed E-state index contributed by atoms with van der Waals surface area (Å²) >= 11 is 5.16. The number of benzene rings is 1. The van der Waals surface area contributed by atoms with Crippen molar-refractivity contribution in [2.24, 2.45) is 0 Å². The van der Waals surface area contributed by atoms with Gasteiger partial charge in [-0.25, -0.2) is 9.50 Å². The molecular formula is C12H8BrN3S. The lowest BCUT2D eigenvalue weighted by atomic mass is 10.1. The van der Waals surface area contributed by atoms with Crippen LogP contribution in [-0.2, 0) is 6.42 Å². The number of aryl methyl sites for hydroxylation is 1. The third-order valence-corrected chi connectivity index (χ3v) is 4.39. The summed E-state index contributed by atoms with van der Waals surface area (Å²) in [5.74, 6) is 0. The number of halogens is 1. The first-order valence-electron chi connectivity index (χ1n) is 5.36. The molecule has 1 aromatic carbocycles. The van der Waals surface area contributed by atoms with Gasteiger partial charge < -0.3 is 0 Å². The number of fused-ring (bicyclic) bond motifs is 5.